The van der Waals surface area contributed by atoms with Crippen molar-refractivity contribution >= 4 is 22.9 Å². The fourth-order valence-electron chi connectivity index (χ4n) is 3.25. The van der Waals surface area contributed by atoms with Gasteiger partial charge in [-0.2, -0.15) is 0 Å². The van der Waals surface area contributed by atoms with Gasteiger partial charge in [0.05, 0.1) is 4.34 Å². The maximum atomic E-state index is 6.06. The van der Waals surface area contributed by atoms with Crippen LogP contribution in [-0.4, -0.2) is 7.05 Å². The lowest BCUT2D eigenvalue weighted by Crippen LogP contribution is -2.29. The van der Waals surface area contributed by atoms with E-state index in [0.29, 0.717) is 6.04 Å². The summed E-state index contributed by atoms with van der Waals surface area (Å²) in [6.45, 7) is 4.72. The Morgan fingerprint density at radius 1 is 1.17 bits per heavy atom. The van der Waals surface area contributed by atoms with Crippen LogP contribution in [0.15, 0.2) is 12.1 Å². The molecule has 1 nitrogen and oxygen atoms in total. The summed E-state index contributed by atoms with van der Waals surface area (Å²) >= 11 is 7.78. The van der Waals surface area contributed by atoms with E-state index >= 15 is 0 Å². The molecule has 1 saturated carbocycles. The summed E-state index contributed by atoms with van der Waals surface area (Å²) in [4.78, 5) is 1.40. The lowest BCUT2D eigenvalue weighted by Gasteiger charge is -2.35. The molecule has 1 aliphatic rings. The third-order valence-corrected chi connectivity index (χ3v) is 5.76. The molecule has 0 aliphatic heterocycles. The van der Waals surface area contributed by atoms with Crippen LogP contribution >= 0.6 is 22.9 Å². The number of nitrogens with one attached hydrogen (secondary N) is 1. The van der Waals surface area contributed by atoms with Crippen molar-refractivity contribution in [3.63, 3.8) is 0 Å². The zero-order valence-corrected chi connectivity index (χ0v) is 13.2. The van der Waals surface area contributed by atoms with E-state index in [1.807, 2.05) is 6.07 Å². The van der Waals surface area contributed by atoms with Crippen molar-refractivity contribution in [1.29, 1.82) is 0 Å². The number of hydrogen-bond acceptors (Lipinski definition) is 2. The van der Waals surface area contributed by atoms with Gasteiger partial charge in [0.1, 0.15) is 0 Å². The second kappa shape index (κ2) is 6.40. The van der Waals surface area contributed by atoms with Crippen molar-refractivity contribution in [3.05, 3.63) is 21.3 Å². The van der Waals surface area contributed by atoms with Crippen LogP contribution in [0.5, 0.6) is 0 Å². The highest BCUT2D eigenvalue weighted by Gasteiger charge is 2.29. The van der Waals surface area contributed by atoms with Gasteiger partial charge in [0, 0.05) is 10.9 Å². The van der Waals surface area contributed by atoms with Crippen LogP contribution in [0.2, 0.25) is 4.34 Å². The lowest BCUT2D eigenvalue weighted by molar-refractivity contribution is 0.194. The molecule has 1 aromatic rings. The van der Waals surface area contributed by atoms with Gasteiger partial charge in [0.25, 0.3) is 0 Å². The fraction of sp³-hybridized carbons (Fsp3) is 0.733. The SMILES string of the molecule is CNC(c1ccc(Cl)s1)C1CCC(C(C)C)CC1. The van der Waals surface area contributed by atoms with Gasteiger partial charge in [-0.1, -0.05) is 25.4 Å². The first-order valence-electron chi connectivity index (χ1n) is 7.04. The predicted molar refractivity (Wildman–Crippen MR) is 81.4 cm³/mol. The molecule has 1 aliphatic carbocycles. The molecule has 0 saturated heterocycles. The molecule has 18 heavy (non-hydrogen) atoms. The van der Waals surface area contributed by atoms with E-state index in [1.165, 1.54) is 30.6 Å². The summed E-state index contributed by atoms with van der Waals surface area (Å²) in [6, 6.07) is 4.70. The maximum absolute atomic E-state index is 6.06. The Hall–Kier alpha value is -0.0500. The minimum absolute atomic E-state index is 0.496. The Balaban J connectivity index is 1.98. The number of halogens is 1. The standard InChI is InChI=1S/C15H24ClNS/c1-10(2)11-4-6-12(7-5-11)15(17-3)13-8-9-14(16)18-13/h8-12,15,17H,4-7H2,1-3H3. The van der Waals surface area contributed by atoms with Gasteiger partial charge in [0.2, 0.25) is 0 Å². The van der Waals surface area contributed by atoms with E-state index in [0.717, 1.165) is 22.1 Å². The van der Waals surface area contributed by atoms with Crippen LogP contribution in [0.1, 0.15) is 50.4 Å². The van der Waals surface area contributed by atoms with E-state index in [9.17, 15) is 0 Å². The summed E-state index contributed by atoms with van der Waals surface area (Å²) in [5, 5.41) is 3.50. The molecule has 0 amide bonds. The molecule has 1 unspecified atom stereocenters. The Morgan fingerprint density at radius 3 is 2.22 bits per heavy atom. The Kier molecular flexibility index (Phi) is 5.11. The molecule has 0 spiro atoms. The number of thiophene rings is 1. The van der Waals surface area contributed by atoms with E-state index in [1.54, 1.807) is 11.3 Å². The summed E-state index contributed by atoms with van der Waals surface area (Å²) in [6.07, 6.45) is 5.48. The summed E-state index contributed by atoms with van der Waals surface area (Å²) in [7, 11) is 2.08. The van der Waals surface area contributed by atoms with Crippen LogP contribution in [0.4, 0.5) is 0 Å². The Bertz CT molecular complexity index is 366. The second-order valence-corrected chi connectivity index (χ2v) is 7.57. The van der Waals surface area contributed by atoms with Crippen molar-refractivity contribution in [2.24, 2.45) is 17.8 Å². The normalized spacial score (nSPS) is 26.5. The summed E-state index contributed by atoms with van der Waals surface area (Å²) in [5.74, 6) is 2.56. The second-order valence-electron chi connectivity index (χ2n) is 5.83. The summed E-state index contributed by atoms with van der Waals surface area (Å²) < 4.78 is 0.904. The monoisotopic (exact) mass is 285 g/mol. The van der Waals surface area contributed by atoms with Crippen LogP contribution < -0.4 is 5.32 Å². The lowest BCUT2D eigenvalue weighted by atomic mass is 9.74. The third kappa shape index (κ3) is 3.28. The van der Waals surface area contributed by atoms with Crippen molar-refractivity contribution < 1.29 is 0 Å². The highest BCUT2D eigenvalue weighted by atomic mass is 35.5. The molecular formula is C15H24ClNS. The number of hydrogen-bond donors (Lipinski definition) is 1. The molecule has 0 radical (unpaired) electrons. The molecule has 102 valence electrons. The smallest absolute Gasteiger partial charge is 0.0931 e. The zero-order valence-electron chi connectivity index (χ0n) is 11.6. The fourth-order valence-corrected chi connectivity index (χ4v) is 4.52. The van der Waals surface area contributed by atoms with Crippen LogP contribution in [0.25, 0.3) is 0 Å². The van der Waals surface area contributed by atoms with Gasteiger partial charge >= 0.3 is 0 Å². The van der Waals surface area contributed by atoms with Crippen molar-refractivity contribution in [2.75, 3.05) is 7.05 Å². The zero-order chi connectivity index (χ0) is 13.1. The average Bonchev–Trinajstić information content (AvgIpc) is 2.77. The molecule has 0 aromatic carbocycles. The van der Waals surface area contributed by atoms with E-state index in [-0.39, 0.29) is 0 Å². The highest BCUT2D eigenvalue weighted by Crippen LogP contribution is 2.41. The van der Waals surface area contributed by atoms with E-state index in [2.05, 4.69) is 32.3 Å². The molecule has 1 heterocycles. The van der Waals surface area contributed by atoms with Gasteiger partial charge in [-0.05, 0) is 62.6 Å². The van der Waals surface area contributed by atoms with E-state index in [4.69, 9.17) is 11.6 Å². The topological polar surface area (TPSA) is 12.0 Å². The van der Waals surface area contributed by atoms with Crippen molar-refractivity contribution in [2.45, 2.75) is 45.6 Å². The first-order chi connectivity index (χ1) is 8.61. The maximum Gasteiger partial charge on any atom is 0.0931 e. The van der Waals surface area contributed by atoms with Gasteiger partial charge in [-0.3, -0.25) is 0 Å². The van der Waals surface area contributed by atoms with Gasteiger partial charge in [-0.25, -0.2) is 0 Å². The van der Waals surface area contributed by atoms with Gasteiger partial charge < -0.3 is 5.32 Å². The van der Waals surface area contributed by atoms with Crippen molar-refractivity contribution in [3.8, 4) is 0 Å². The van der Waals surface area contributed by atoms with Crippen LogP contribution in [0, 0.1) is 17.8 Å². The van der Waals surface area contributed by atoms with E-state index < -0.39 is 0 Å². The molecule has 1 aromatic heterocycles. The molecule has 2 rings (SSSR count). The summed E-state index contributed by atoms with van der Waals surface area (Å²) in [5.41, 5.74) is 0. The highest BCUT2D eigenvalue weighted by molar-refractivity contribution is 7.16. The Labute approximate surface area is 120 Å². The van der Waals surface area contributed by atoms with Crippen molar-refractivity contribution in [1.82, 2.24) is 5.32 Å². The molecular weight excluding hydrogens is 262 g/mol. The van der Waals surface area contributed by atoms with Crippen LogP contribution in [-0.2, 0) is 0 Å². The molecule has 1 atom stereocenters. The minimum Gasteiger partial charge on any atom is -0.312 e. The largest absolute Gasteiger partial charge is 0.312 e. The predicted octanol–water partition coefficient (Wildman–Crippen LogP) is 5.12. The quantitative estimate of drug-likeness (QED) is 0.809. The Morgan fingerprint density at radius 2 is 1.78 bits per heavy atom. The van der Waals surface area contributed by atoms with Crippen LogP contribution in [0.3, 0.4) is 0 Å². The van der Waals surface area contributed by atoms with Gasteiger partial charge in [0.15, 0.2) is 0 Å². The molecule has 1 fully saturated rings. The average molecular weight is 286 g/mol. The minimum atomic E-state index is 0.496. The molecule has 1 N–H and O–H groups in total. The number of rotatable bonds is 4. The first kappa shape index (κ1) is 14.4. The molecule has 0 bridgehead atoms. The molecule has 3 heteroatoms. The third-order valence-electron chi connectivity index (χ3n) is 4.44. The first-order valence-corrected chi connectivity index (χ1v) is 8.23. The van der Waals surface area contributed by atoms with Gasteiger partial charge in [-0.15, -0.1) is 11.3 Å².